The second-order valence-corrected chi connectivity index (χ2v) is 3.02. The van der Waals surface area contributed by atoms with Crippen molar-refractivity contribution >= 4 is 11.9 Å². The van der Waals surface area contributed by atoms with Gasteiger partial charge in [0.2, 0.25) is 0 Å². The Labute approximate surface area is 69.2 Å². The predicted octanol–water partition coefficient (Wildman–Crippen LogP) is -1.41. The largest absolute Gasteiger partial charge is 0.480 e. The summed E-state index contributed by atoms with van der Waals surface area (Å²) in [5, 5.41) is 17.1. The van der Waals surface area contributed by atoms with E-state index in [4.69, 9.17) is 21.7 Å². The summed E-state index contributed by atoms with van der Waals surface area (Å²) < 4.78 is 0. The molecule has 0 rings (SSSR count). The molecule has 12 heavy (non-hydrogen) atoms. The van der Waals surface area contributed by atoms with Gasteiger partial charge in [0.1, 0.15) is 11.1 Å². The molecule has 70 valence electrons. The van der Waals surface area contributed by atoms with E-state index < -0.39 is 23.0 Å². The molecule has 0 amide bonds. The molecule has 0 saturated heterocycles. The minimum Gasteiger partial charge on any atom is -0.480 e. The van der Waals surface area contributed by atoms with Gasteiger partial charge in [-0.3, -0.25) is 9.59 Å². The predicted molar refractivity (Wildman–Crippen MR) is 40.5 cm³/mol. The number of carbonyl (C=O) groups is 2. The van der Waals surface area contributed by atoms with Gasteiger partial charge in [-0.2, -0.15) is 0 Å². The maximum Gasteiger partial charge on any atom is 0.325 e. The molecule has 0 spiro atoms. The molecular formula is C6H12N2O4. The quantitative estimate of drug-likeness (QED) is 0.418. The van der Waals surface area contributed by atoms with Gasteiger partial charge in [0.05, 0.1) is 0 Å². The number of carboxylic acid groups (broad SMARTS) is 2. The lowest BCUT2D eigenvalue weighted by Gasteiger charge is -2.33. The SMILES string of the molecule is CC(N)(C(=O)O)C(C)(N)C(=O)O. The van der Waals surface area contributed by atoms with Gasteiger partial charge in [0.25, 0.3) is 0 Å². The van der Waals surface area contributed by atoms with Crippen LogP contribution in [0, 0.1) is 0 Å². The first-order chi connectivity index (χ1) is 5.14. The Morgan fingerprint density at radius 1 is 1.00 bits per heavy atom. The Balaban J connectivity index is 5.01. The molecule has 6 N–H and O–H groups in total. The zero-order valence-corrected chi connectivity index (χ0v) is 6.87. The van der Waals surface area contributed by atoms with Crippen molar-refractivity contribution in [2.75, 3.05) is 0 Å². The van der Waals surface area contributed by atoms with E-state index in [2.05, 4.69) is 0 Å². The maximum absolute atomic E-state index is 10.5. The van der Waals surface area contributed by atoms with Gasteiger partial charge in [-0.25, -0.2) is 0 Å². The molecule has 0 aromatic heterocycles. The topological polar surface area (TPSA) is 127 Å². The summed E-state index contributed by atoms with van der Waals surface area (Å²) in [6, 6.07) is 0. The highest BCUT2D eigenvalue weighted by Gasteiger charge is 2.50. The molecule has 0 saturated carbocycles. The molecule has 0 radical (unpaired) electrons. The summed E-state index contributed by atoms with van der Waals surface area (Å²) in [5.41, 5.74) is 6.49. The van der Waals surface area contributed by atoms with Crippen molar-refractivity contribution in [3.05, 3.63) is 0 Å². The zero-order valence-electron chi connectivity index (χ0n) is 6.87. The molecule has 2 unspecified atom stereocenters. The first kappa shape index (κ1) is 10.9. The third-order valence-corrected chi connectivity index (χ3v) is 1.97. The van der Waals surface area contributed by atoms with Crippen molar-refractivity contribution in [1.82, 2.24) is 0 Å². The Hall–Kier alpha value is -1.14. The van der Waals surface area contributed by atoms with E-state index in [1.54, 1.807) is 0 Å². The van der Waals surface area contributed by atoms with Crippen molar-refractivity contribution in [2.24, 2.45) is 11.5 Å². The van der Waals surface area contributed by atoms with E-state index in [9.17, 15) is 9.59 Å². The first-order valence-electron chi connectivity index (χ1n) is 3.18. The van der Waals surface area contributed by atoms with Crippen molar-refractivity contribution < 1.29 is 19.8 Å². The highest BCUT2D eigenvalue weighted by Crippen LogP contribution is 2.16. The van der Waals surface area contributed by atoms with E-state index >= 15 is 0 Å². The van der Waals surface area contributed by atoms with E-state index in [1.807, 2.05) is 0 Å². The van der Waals surface area contributed by atoms with Gasteiger partial charge in [0, 0.05) is 0 Å². The van der Waals surface area contributed by atoms with Crippen molar-refractivity contribution in [1.29, 1.82) is 0 Å². The molecule has 6 heteroatoms. The lowest BCUT2D eigenvalue weighted by molar-refractivity contribution is -0.155. The molecule has 0 bridgehead atoms. The molecule has 0 aliphatic heterocycles. The number of aliphatic carboxylic acids is 2. The smallest absolute Gasteiger partial charge is 0.325 e. The fraction of sp³-hybridized carbons (Fsp3) is 0.667. The summed E-state index contributed by atoms with van der Waals surface area (Å²) in [7, 11) is 0. The van der Waals surface area contributed by atoms with E-state index in [0.717, 1.165) is 13.8 Å². The molecule has 0 aliphatic rings. The van der Waals surface area contributed by atoms with Crippen LogP contribution in [0.4, 0.5) is 0 Å². The van der Waals surface area contributed by atoms with Crippen LogP contribution in [0.15, 0.2) is 0 Å². The Morgan fingerprint density at radius 2 is 1.17 bits per heavy atom. The van der Waals surface area contributed by atoms with Crippen LogP contribution in [0.2, 0.25) is 0 Å². The molecule has 0 aliphatic carbocycles. The normalized spacial score (nSPS) is 20.7. The van der Waals surface area contributed by atoms with Crippen LogP contribution in [0.3, 0.4) is 0 Å². The highest BCUT2D eigenvalue weighted by molar-refractivity contribution is 5.91. The summed E-state index contributed by atoms with van der Waals surface area (Å²) >= 11 is 0. The van der Waals surface area contributed by atoms with E-state index in [1.165, 1.54) is 0 Å². The number of carboxylic acids is 2. The fourth-order valence-corrected chi connectivity index (χ4v) is 0.444. The third kappa shape index (κ3) is 1.39. The van der Waals surface area contributed by atoms with Gasteiger partial charge in [0.15, 0.2) is 0 Å². The maximum atomic E-state index is 10.5. The summed E-state index contributed by atoms with van der Waals surface area (Å²) in [6.45, 7) is 2.12. The minimum atomic E-state index is -1.99. The van der Waals surface area contributed by atoms with Gasteiger partial charge in [-0.15, -0.1) is 0 Å². The molecule has 0 aromatic rings. The lowest BCUT2D eigenvalue weighted by Crippen LogP contribution is -2.70. The van der Waals surface area contributed by atoms with Crippen molar-refractivity contribution in [3.8, 4) is 0 Å². The van der Waals surface area contributed by atoms with Crippen molar-refractivity contribution in [2.45, 2.75) is 24.9 Å². The Morgan fingerprint density at radius 3 is 1.25 bits per heavy atom. The molecule has 2 atom stereocenters. The lowest BCUT2D eigenvalue weighted by atomic mass is 9.81. The highest BCUT2D eigenvalue weighted by atomic mass is 16.4. The van der Waals surface area contributed by atoms with Crippen LogP contribution < -0.4 is 11.5 Å². The van der Waals surface area contributed by atoms with Gasteiger partial charge in [-0.1, -0.05) is 0 Å². The average molecular weight is 176 g/mol. The zero-order chi connectivity index (χ0) is 10.2. The second kappa shape index (κ2) is 2.72. The standard InChI is InChI=1S/C6H12N2O4/c1-5(7,3(9)10)6(2,8)4(11)12/h7-8H2,1-2H3,(H,9,10)(H,11,12). The number of hydrogen-bond acceptors (Lipinski definition) is 4. The molecule has 0 fully saturated rings. The number of hydrogen-bond donors (Lipinski definition) is 4. The van der Waals surface area contributed by atoms with E-state index in [-0.39, 0.29) is 0 Å². The number of rotatable bonds is 3. The van der Waals surface area contributed by atoms with Crippen molar-refractivity contribution in [3.63, 3.8) is 0 Å². The van der Waals surface area contributed by atoms with Gasteiger partial charge < -0.3 is 21.7 Å². The molecule has 6 nitrogen and oxygen atoms in total. The minimum absolute atomic E-state index is 1.06. The molecule has 0 heterocycles. The fourth-order valence-electron chi connectivity index (χ4n) is 0.444. The van der Waals surface area contributed by atoms with Crippen LogP contribution in [0.1, 0.15) is 13.8 Å². The Bertz CT molecular complexity index is 198. The van der Waals surface area contributed by atoms with Crippen LogP contribution in [-0.4, -0.2) is 33.2 Å². The van der Waals surface area contributed by atoms with Crippen LogP contribution in [0.5, 0.6) is 0 Å². The summed E-state index contributed by atoms with van der Waals surface area (Å²) in [4.78, 5) is 21.0. The van der Waals surface area contributed by atoms with Gasteiger partial charge >= 0.3 is 11.9 Å². The first-order valence-corrected chi connectivity index (χ1v) is 3.18. The molecule has 0 aromatic carbocycles. The van der Waals surface area contributed by atoms with Crippen LogP contribution >= 0.6 is 0 Å². The second-order valence-electron chi connectivity index (χ2n) is 3.02. The summed E-state index contributed by atoms with van der Waals surface area (Å²) in [6.07, 6.45) is 0. The number of nitrogens with two attached hydrogens (primary N) is 2. The van der Waals surface area contributed by atoms with E-state index in [0.29, 0.717) is 0 Å². The average Bonchev–Trinajstić information content (AvgIpc) is 1.86. The summed E-state index contributed by atoms with van der Waals surface area (Å²) in [5.74, 6) is -2.90. The molecular weight excluding hydrogens is 164 g/mol. The third-order valence-electron chi connectivity index (χ3n) is 1.97. The van der Waals surface area contributed by atoms with Crippen LogP contribution in [-0.2, 0) is 9.59 Å². The van der Waals surface area contributed by atoms with Gasteiger partial charge in [-0.05, 0) is 13.8 Å². The monoisotopic (exact) mass is 176 g/mol. The van der Waals surface area contributed by atoms with Crippen LogP contribution in [0.25, 0.3) is 0 Å². The Kier molecular flexibility index (Phi) is 2.46.